The number of anilines is 1. The second-order valence-corrected chi connectivity index (χ2v) is 6.75. The standard InChI is InChI=1S/C17H22N6O3/c1-12-5-6-13-14(9-12)19-21-16(18-13)22-20-15(25)17(10-23(26)11-24)7-3-2-4-8-17/h5-6,9,11,26H,2-4,7-8,10H2,1H3,(H,20,25)(H,18,21,22). The molecule has 0 atom stereocenters. The van der Waals surface area contributed by atoms with Gasteiger partial charge in [-0.1, -0.05) is 25.3 Å². The van der Waals surface area contributed by atoms with Gasteiger partial charge in [-0.3, -0.25) is 25.6 Å². The van der Waals surface area contributed by atoms with E-state index < -0.39 is 5.41 Å². The molecule has 9 nitrogen and oxygen atoms in total. The topological polar surface area (TPSA) is 120 Å². The highest BCUT2D eigenvalue weighted by Crippen LogP contribution is 2.37. The SMILES string of the molecule is Cc1ccc2nc(NNC(=O)C3(CN(O)C=O)CCCCC3)nnc2c1. The van der Waals surface area contributed by atoms with Crippen molar-refractivity contribution in [3.63, 3.8) is 0 Å². The summed E-state index contributed by atoms with van der Waals surface area (Å²) in [4.78, 5) is 27.8. The number of hydrogen-bond donors (Lipinski definition) is 3. The minimum absolute atomic E-state index is 0.0415. The number of carbonyl (C=O) groups excluding carboxylic acids is 2. The summed E-state index contributed by atoms with van der Waals surface area (Å²) in [6, 6.07) is 5.64. The van der Waals surface area contributed by atoms with Crippen molar-refractivity contribution in [1.29, 1.82) is 0 Å². The number of aryl methyl sites for hydroxylation is 1. The van der Waals surface area contributed by atoms with E-state index in [4.69, 9.17) is 0 Å². The molecule has 26 heavy (non-hydrogen) atoms. The third-order valence-corrected chi connectivity index (χ3v) is 4.78. The zero-order chi connectivity index (χ0) is 18.6. The number of amides is 2. The first kappa shape index (κ1) is 18.0. The van der Waals surface area contributed by atoms with Gasteiger partial charge in [0.05, 0.1) is 17.5 Å². The van der Waals surface area contributed by atoms with E-state index in [2.05, 4.69) is 26.0 Å². The predicted octanol–water partition coefficient (Wildman–Crippen LogP) is 1.57. The summed E-state index contributed by atoms with van der Waals surface area (Å²) in [6.45, 7) is 1.92. The molecule has 0 aliphatic heterocycles. The van der Waals surface area contributed by atoms with Crippen LogP contribution in [0, 0.1) is 12.3 Å². The second kappa shape index (κ2) is 7.61. The Morgan fingerprint density at radius 1 is 1.27 bits per heavy atom. The first-order valence-corrected chi connectivity index (χ1v) is 8.61. The van der Waals surface area contributed by atoms with Crippen molar-refractivity contribution in [2.75, 3.05) is 12.0 Å². The van der Waals surface area contributed by atoms with Crippen molar-refractivity contribution < 1.29 is 14.8 Å². The van der Waals surface area contributed by atoms with E-state index in [9.17, 15) is 14.8 Å². The van der Waals surface area contributed by atoms with Crippen molar-refractivity contribution >= 4 is 29.3 Å². The first-order valence-electron chi connectivity index (χ1n) is 8.61. The number of benzene rings is 1. The van der Waals surface area contributed by atoms with Crippen LogP contribution in [-0.4, -0.2) is 44.3 Å². The molecule has 9 heteroatoms. The lowest BCUT2D eigenvalue weighted by atomic mass is 9.73. The Morgan fingerprint density at radius 3 is 2.77 bits per heavy atom. The average molecular weight is 358 g/mol. The molecule has 1 fully saturated rings. The van der Waals surface area contributed by atoms with Gasteiger partial charge in [0.25, 0.3) is 5.95 Å². The van der Waals surface area contributed by atoms with Gasteiger partial charge in [-0.15, -0.1) is 10.2 Å². The summed E-state index contributed by atoms with van der Waals surface area (Å²) >= 11 is 0. The fraction of sp³-hybridized carbons (Fsp3) is 0.471. The minimum atomic E-state index is -0.831. The number of aromatic nitrogens is 3. The molecule has 2 aromatic rings. The van der Waals surface area contributed by atoms with E-state index in [0.29, 0.717) is 35.3 Å². The number of carbonyl (C=O) groups is 2. The van der Waals surface area contributed by atoms with E-state index in [1.807, 2.05) is 25.1 Å². The lowest BCUT2D eigenvalue weighted by Crippen LogP contribution is -2.50. The summed E-state index contributed by atoms with van der Waals surface area (Å²) in [5.74, 6) is -0.123. The number of nitrogens with one attached hydrogen (secondary N) is 2. The zero-order valence-corrected chi connectivity index (χ0v) is 14.6. The molecule has 1 aliphatic rings. The molecule has 1 heterocycles. The molecule has 3 N–H and O–H groups in total. The fourth-order valence-corrected chi connectivity index (χ4v) is 3.38. The summed E-state index contributed by atoms with van der Waals surface area (Å²) in [5.41, 5.74) is 6.87. The van der Waals surface area contributed by atoms with Crippen molar-refractivity contribution in [2.45, 2.75) is 39.0 Å². The summed E-state index contributed by atoms with van der Waals surface area (Å²) in [7, 11) is 0. The number of hydroxylamine groups is 2. The van der Waals surface area contributed by atoms with Crippen molar-refractivity contribution in [2.24, 2.45) is 5.41 Å². The van der Waals surface area contributed by atoms with E-state index >= 15 is 0 Å². The summed E-state index contributed by atoms with van der Waals surface area (Å²) in [6.07, 6.45) is 4.28. The van der Waals surface area contributed by atoms with Gasteiger partial charge in [-0.2, -0.15) is 0 Å². The normalized spacial score (nSPS) is 16.1. The Kier molecular flexibility index (Phi) is 5.27. The van der Waals surface area contributed by atoms with Crippen LogP contribution in [-0.2, 0) is 9.59 Å². The Hall–Kier alpha value is -2.81. The lowest BCUT2D eigenvalue weighted by Gasteiger charge is -2.36. The molecule has 0 saturated heterocycles. The average Bonchev–Trinajstić information content (AvgIpc) is 2.66. The number of rotatable bonds is 6. The molecule has 1 aromatic carbocycles. The molecule has 1 aliphatic carbocycles. The van der Waals surface area contributed by atoms with E-state index in [1.165, 1.54) is 0 Å². The second-order valence-electron chi connectivity index (χ2n) is 6.75. The molecule has 0 spiro atoms. The summed E-state index contributed by atoms with van der Waals surface area (Å²) < 4.78 is 0. The van der Waals surface area contributed by atoms with E-state index in [1.54, 1.807) is 0 Å². The summed E-state index contributed by atoms with van der Waals surface area (Å²) in [5, 5.41) is 18.2. The zero-order valence-electron chi connectivity index (χ0n) is 14.6. The highest BCUT2D eigenvalue weighted by atomic mass is 16.5. The van der Waals surface area contributed by atoms with Crippen LogP contribution in [0.2, 0.25) is 0 Å². The van der Waals surface area contributed by atoms with Crippen LogP contribution in [0.1, 0.15) is 37.7 Å². The Labute approximate surface area is 150 Å². The highest BCUT2D eigenvalue weighted by Gasteiger charge is 2.41. The maximum atomic E-state index is 12.7. The third kappa shape index (κ3) is 3.88. The Morgan fingerprint density at radius 2 is 2.04 bits per heavy atom. The molecule has 1 saturated carbocycles. The molecular weight excluding hydrogens is 336 g/mol. The molecule has 2 amide bonds. The van der Waals surface area contributed by atoms with Crippen LogP contribution in [0.15, 0.2) is 18.2 Å². The minimum Gasteiger partial charge on any atom is -0.286 e. The van der Waals surface area contributed by atoms with Crippen molar-refractivity contribution in [1.82, 2.24) is 25.7 Å². The van der Waals surface area contributed by atoms with Gasteiger partial charge >= 0.3 is 0 Å². The van der Waals surface area contributed by atoms with Gasteiger partial charge in [-0.05, 0) is 37.5 Å². The van der Waals surface area contributed by atoms with Crippen LogP contribution in [0.25, 0.3) is 11.0 Å². The molecule has 3 rings (SSSR count). The van der Waals surface area contributed by atoms with Crippen LogP contribution < -0.4 is 10.9 Å². The van der Waals surface area contributed by atoms with E-state index in [0.717, 1.165) is 24.8 Å². The van der Waals surface area contributed by atoms with Crippen LogP contribution in [0.4, 0.5) is 5.95 Å². The quantitative estimate of drug-likeness (QED) is 0.407. The van der Waals surface area contributed by atoms with Gasteiger partial charge in [-0.25, -0.2) is 10.0 Å². The first-order chi connectivity index (χ1) is 12.5. The van der Waals surface area contributed by atoms with Gasteiger partial charge < -0.3 is 0 Å². The molecule has 138 valence electrons. The predicted molar refractivity (Wildman–Crippen MR) is 93.9 cm³/mol. The largest absolute Gasteiger partial charge is 0.286 e. The number of hydrazine groups is 1. The Bertz CT molecular complexity index is 806. The van der Waals surface area contributed by atoms with Crippen LogP contribution in [0.5, 0.6) is 0 Å². The number of hydrogen-bond acceptors (Lipinski definition) is 7. The van der Waals surface area contributed by atoms with Gasteiger partial charge in [0.2, 0.25) is 12.3 Å². The fourth-order valence-electron chi connectivity index (χ4n) is 3.38. The number of fused-ring (bicyclic) bond motifs is 1. The van der Waals surface area contributed by atoms with Crippen molar-refractivity contribution in [3.8, 4) is 0 Å². The number of nitrogens with zero attached hydrogens (tertiary/aromatic N) is 4. The lowest BCUT2D eigenvalue weighted by molar-refractivity contribution is -0.162. The maximum absolute atomic E-state index is 12.7. The van der Waals surface area contributed by atoms with Crippen LogP contribution in [0.3, 0.4) is 0 Å². The third-order valence-electron chi connectivity index (χ3n) is 4.78. The van der Waals surface area contributed by atoms with Crippen molar-refractivity contribution in [3.05, 3.63) is 23.8 Å². The highest BCUT2D eigenvalue weighted by molar-refractivity contribution is 5.84. The molecular formula is C17H22N6O3. The monoisotopic (exact) mass is 358 g/mol. The van der Waals surface area contributed by atoms with Gasteiger partial charge in [0, 0.05) is 0 Å². The van der Waals surface area contributed by atoms with Gasteiger partial charge in [0.15, 0.2) is 0 Å². The molecule has 0 radical (unpaired) electrons. The molecule has 1 aromatic heterocycles. The van der Waals surface area contributed by atoms with Gasteiger partial charge in [0.1, 0.15) is 5.52 Å². The smallest absolute Gasteiger partial charge is 0.262 e. The Balaban J connectivity index is 1.71. The van der Waals surface area contributed by atoms with Crippen LogP contribution >= 0.6 is 0 Å². The molecule has 0 unspecified atom stereocenters. The molecule has 0 bridgehead atoms. The van der Waals surface area contributed by atoms with E-state index in [-0.39, 0.29) is 18.4 Å². The maximum Gasteiger partial charge on any atom is 0.262 e.